The lowest BCUT2D eigenvalue weighted by molar-refractivity contribution is 0.282. The summed E-state index contributed by atoms with van der Waals surface area (Å²) in [5.74, 6) is 5.27. The molecule has 2 N–H and O–H groups in total. The highest BCUT2D eigenvalue weighted by Crippen LogP contribution is 1.89. The summed E-state index contributed by atoms with van der Waals surface area (Å²) >= 11 is 0. The van der Waals surface area contributed by atoms with Gasteiger partial charge in [-0.3, -0.25) is 10.0 Å². The maximum atomic E-state index is 5.27. The van der Waals surface area contributed by atoms with Crippen LogP contribution < -0.4 is 5.84 Å². The number of hydrogen-bond donors (Lipinski definition) is 1. The molecule has 0 bridgehead atoms. The van der Waals surface area contributed by atoms with Gasteiger partial charge in [-0.1, -0.05) is 0 Å². The second kappa shape index (κ2) is 1.38. The Bertz CT molecular complexity index is 78.9. The maximum absolute atomic E-state index is 5.27. The number of hydrogen-bond acceptors (Lipinski definition) is 4. The van der Waals surface area contributed by atoms with Gasteiger partial charge < -0.3 is 0 Å². The fraction of sp³-hybridized carbons (Fsp3) is 0.667. The minimum atomic E-state index is 0.694. The zero-order valence-electron chi connectivity index (χ0n) is 4.20. The third kappa shape index (κ3) is 0.806. The standard InChI is InChI=1S/C3H8N4/c1-6-3-7(4)2-5-6/h2H,3-4H2,1H3. The van der Waals surface area contributed by atoms with Crippen LogP contribution in [0.1, 0.15) is 0 Å². The molecule has 0 aromatic heterocycles. The van der Waals surface area contributed by atoms with E-state index in [1.165, 1.54) is 5.01 Å². The number of rotatable bonds is 0. The molecule has 0 spiro atoms. The summed E-state index contributed by atoms with van der Waals surface area (Å²) in [4.78, 5) is 0. The summed E-state index contributed by atoms with van der Waals surface area (Å²) in [6.45, 7) is 0.694. The van der Waals surface area contributed by atoms with Gasteiger partial charge in [0.25, 0.3) is 0 Å². The van der Waals surface area contributed by atoms with Crippen LogP contribution in [0.5, 0.6) is 0 Å². The van der Waals surface area contributed by atoms with E-state index >= 15 is 0 Å². The van der Waals surface area contributed by atoms with Crippen molar-refractivity contribution in [3.8, 4) is 0 Å². The molecule has 1 aliphatic rings. The van der Waals surface area contributed by atoms with Gasteiger partial charge in [0.15, 0.2) is 0 Å². The average molecular weight is 100 g/mol. The zero-order chi connectivity index (χ0) is 5.28. The minimum Gasteiger partial charge on any atom is -0.278 e. The van der Waals surface area contributed by atoms with Crippen LogP contribution in [0, 0.1) is 0 Å². The van der Waals surface area contributed by atoms with Crippen LogP contribution in [0.15, 0.2) is 5.10 Å². The Labute approximate surface area is 42.2 Å². The highest BCUT2D eigenvalue weighted by atomic mass is 15.6. The molecule has 4 heteroatoms. The number of nitrogens with zero attached hydrogens (tertiary/aromatic N) is 3. The van der Waals surface area contributed by atoms with E-state index in [9.17, 15) is 0 Å². The molecule has 1 aliphatic heterocycles. The molecular weight excluding hydrogens is 92.1 g/mol. The Balaban J connectivity index is 2.42. The molecule has 40 valence electrons. The topological polar surface area (TPSA) is 44.9 Å². The maximum Gasteiger partial charge on any atom is 0.127 e. The largest absolute Gasteiger partial charge is 0.278 e. The van der Waals surface area contributed by atoms with Gasteiger partial charge in [-0.25, -0.2) is 5.84 Å². The lowest BCUT2D eigenvalue weighted by atomic mass is 11.0. The van der Waals surface area contributed by atoms with E-state index in [0.717, 1.165) is 0 Å². The molecule has 0 unspecified atom stereocenters. The van der Waals surface area contributed by atoms with Gasteiger partial charge in [0.05, 0.1) is 0 Å². The first-order valence-corrected chi connectivity index (χ1v) is 2.05. The normalized spacial score (nSPS) is 19.1. The molecule has 1 heterocycles. The Morgan fingerprint density at radius 3 is 2.71 bits per heavy atom. The third-order valence-electron chi connectivity index (χ3n) is 0.765. The smallest absolute Gasteiger partial charge is 0.127 e. The van der Waals surface area contributed by atoms with Gasteiger partial charge >= 0.3 is 0 Å². The first kappa shape index (κ1) is 4.39. The molecule has 0 atom stereocenters. The second-order valence-electron chi connectivity index (χ2n) is 1.54. The number of hydrazone groups is 1. The van der Waals surface area contributed by atoms with Crippen LogP contribution in [0.2, 0.25) is 0 Å². The van der Waals surface area contributed by atoms with Crippen molar-refractivity contribution in [1.82, 2.24) is 10.0 Å². The molecule has 4 nitrogen and oxygen atoms in total. The fourth-order valence-corrected chi connectivity index (χ4v) is 0.464. The number of nitrogens with two attached hydrogens (primary N) is 1. The number of hydrazine groups is 1. The monoisotopic (exact) mass is 100 g/mol. The first-order valence-electron chi connectivity index (χ1n) is 2.05. The van der Waals surface area contributed by atoms with Crippen molar-refractivity contribution in [2.75, 3.05) is 13.7 Å². The van der Waals surface area contributed by atoms with Crippen LogP contribution in [0.25, 0.3) is 0 Å². The summed E-state index contributed by atoms with van der Waals surface area (Å²) in [7, 11) is 1.86. The van der Waals surface area contributed by atoms with Crippen molar-refractivity contribution in [3.63, 3.8) is 0 Å². The van der Waals surface area contributed by atoms with Gasteiger partial charge in [0.2, 0.25) is 0 Å². The zero-order valence-corrected chi connectivity index (χ0v) is 4.20. The van der Waals surface area contributed by atoms with E-state index < -0.39 is 0 Å². The Hall–Kier alpha value is -0.770. The van der Waals surface area contributed by atoms with Crippen LogP contribution in [-0.4, -0.2) is 30.1 Å². The Kier molecular flexibility index (Phi) is 0.867. The van der Waals surface area contributed by atoms with Gasteiger partial charge in [0, 0.05) is 7.05 Å². The van der Waals surface area contributed by atoms with E-state index in [1.54, 1.807) is 11.3 Å². The molecule has 0 radical (unpaired) electrons. The van der Waals surface area contributed by atoms with E-state index in [1.807, 2.05) is 7.05 Å². The predicted octanol–water partition coefficient (Wildman–Crippen LogP) is -0.992. The molecule has 1 rings (SSSR count). The third-order valence-corrected chi connectivity index (χ3v) is 0.765. The minimum absolute atomic E-state index is 0.694. The van der Waals surface area contributed by atoms with E-state index in [-0.39, 0.29) is 0 Å². The lowest BCUT2D eigenvalue weighted by Crippen LogP contribution is -2.30. The van der Waals surface area contributed by atoms with Crippen molar-refractivity contribution in [1.29, 1.82) is 0 Å². The highest BCUT2D eigenvalue weighted by Gasteiger charge is 2.02. The summed E-state index contributed by atoms with van der Waals surface area (Å²) in [5.41, 5.74) is 0. The van der Waals surface area contributed by atoms with Crippen molar-refractivity contribution in [2.45, 2.75) is 0 Å². The van der Waals surface area contributed by atoms with Gasteiger partial charge in [-0.2, -0.15) is 5.10 Å². The molecule has 0 aliphatic carbocycles. The van der Waals surface area contributed by atoms with Crippen LogP contribution in [0.3, 0.4) is 0 Å². The van der Waals surface area contributed by atoms with Crippen molar-refractivity contribution in [3.05, 3.63) is 0 Å². The molecular formula is C3H8N4. The molecule has 0 amide bonds. The average Bonchev–Trinajstić information content (AvgIpc) is 1.87. The van der Waals surface area contributed by atoms with Gasteiger partial charge in [0.1, 0.15) is 13.0 Å². The van der Waals surface area contributed by atoms with Crippen LogP contribution in [-0.2, 0) is 0 Å². The molecule has 7 heavy (non-hydrogen) atoms. The predicted molar refractivity (Wildman–Crippen MR) is 27.1 cm³/mol. The molecule has 0 aromatic rings. The summed E-state index contributed by atoms with van der Waals surface area (Å²) in [6.07, 6.45) is 1.58. The summed E-state index contributed by atoms with van der Waals surface area (Å²) in [5, 5.41) is 7.09. The molecule has 0 saturated heterocycles. The molecule has 0 saturated carbocycles. The highest BCUT2D eigenvalue weighted by molar-refractivity contribution is 5.54. The van der Waals surface area contributed by atoms with Crippen molar-refractivity contribution < 1.29 is 0 Å². The SMILES string of the molecule is CN1CN(N)C=N1. The quantitative estimate of drug-likeness (QED) is 0.397. The van der Waals surface area contributed by atoms with Crippen molar-refractivity contribution in [2.24, 2.45) is 10.9 Å². The Morgan fingerprint density at radius 1 is 1.86 bits per heavy atom. The second-order valence-corrected chi connectivity index (χ2v) is 1.54. The lowest BCUT2D eigenvalue weighted by Gasteiger charge is -2.07. The van der Waals surface area contributed by atoms with E-state index in [0.29, 0.717) is 6.67 Å². The van der Waals surface area contributed by atoms with Crippen LogP contribution in [0.4, 0.5) is 0 Å². The molecule has 0 fully saturated rings. The first-order chi connectivity index (χ1) is 3.29. The Morgan fingerprint density at radius 2 is 2.57 bits per heavy atom. The van der Waals surface area contributed by atoms with Gasteiger partial charge in [-0.05, 0) is 0 Å². The summed E-state index contributed by atoms with van der Waals surface area (Å²) in [6, 6.07) is 0. The summed E-state index contributed by atoms with van der Waals surface area (Å²) < 4.78 is 0. The van der Waals surface area contributed by atoms with Crippen molar-refractivity contribution >= 4 is 6.34 Å². The van der Waals surface area contributed by atoms with E-state index in [2.05, 4.69) is 5.10 Å². The fourth-order valence-electron chi connectivity index (χ4n) is 0.464. The van der Waals surface area contributed by atoms with Gasteiger partial charge in [-0.15, -0.1) is 0 Å². The van der Waals surface area contributed by atoms with Crippen LogP contribution >= 0.6 is 0 Å². The van der Waals surface area contributed by atoms with E-state index in [4.69, 9.17) is 5.84 Å². The molecule has 0 aromatic carbocycles.